The third-order valence-corrected chi connectivity index (χ3v) is 4.25. The summed E-state index contributed by atoms with van der Waals surface area (Å²) >= 11 is 3.46. The van der Waals surface area contributed by atoms with Crippen LogP contribution < -0.4 is 5.32 Å². The number of H-pyrrole nitrogens is 1. The minimum atomic E-state index is -0.0645. The lowest BCUT2D eigenvalue weighted by Crippen LogP contribution is -2.32. The SMILES string of the molecule is Cc1c(C(=O)NC[C@@H]2CCCO2)[nH]c2ccc(Br)cc12. The van der Waals surface area contributed by atoms with Gasteiger partial charge < -0.3 is 15.0 Å². The minimum Gasteiger partial charge on any atom is -0.376 e. The molecule has 2 heterocycles. The van der Waals surface area contributed by atoms with Crippen LogP contribution in [0.1, 0.15) is 28.9 Å². The van der Waals surface area contributed by atoms with Crippen molar-refractivity contribution in [2.24, 2.45) is 0 Å². The molecule has 0 saturated carbocycles. The van der Waals surface area contributed by atoms with Crippen LogP contribution >= 0.6 is 15.9 Å². The number of carbonyl (C=O) groups is 1. The number of hydrogen-bond donors (Lipinski definition) is 2. The Hall–Kier alpha value is -1.33. The van der Waals surface area contributed by atoms with Crippen molar-refractivity contribution in [3.05, 3.63) is 33.9 Å². The van der Waals surface area contributed by atoms with E-state index in [1.54, 1.807) is 0 Å². The molecule has 0 bridgehead atoms. The molecule has 0 radical (unpaired) electrons. The van der Waals surface area contributed by atoms with Gasteiger partial charge in [-0.2, -0.15) is 0 Å². The minimum absolute atomic E-state index is 0.0645. The molecule has 106 valence electrons. The number of nitrogens with one attached hydrogen (secondary N) is 2. The predicted octanol–water partition coefficient (Wildman–Crippen LogP) is 3.15. The van der Waals surface area contributed by atoms with Crippen LogP contribution in [0.25, 0.3) is 10.9 Å². The third-order valence-electron chi connectivity index (χ3n) is 3.76. The zero-order valence-corrected chi connectivity index (χ0v) is 12.9. The maximum atomic E-state index is 12.3. The van der Waals surface area contributed by atoms with Gasteiger partial charge in [0, 0.05) is 28.5 Å². The third kappa shape index (κ3) is 2.60. The Morgan fingerprint density at radius 1 is 1.55 bits per heavy atom. The van der Waals surface area contributed by atoms with E-state index in [0.29, 0.717) is 12.2 Å². The number of ether oxygens (including phenoxy) is 1. The molecule has 2 aromatic rings. The molecule has 0 unspecified atom stereocenters. The van der Waals surface area contributed by atoms with Gasteiger partial charge in [-0.25, -0.2) is 0 Å². The van der Waals surface area contributed by atoms with Gasteiger partial charge in [0.1, 0.15) is 5.69 Å². The summed E-state index contributed by atoms with van der Waals surface area (Å²) in [6.45, 7) is 3.35. The van der Waals surface area contributed by atoms with E-state index in [1.807, 2.05) is 25.1 Å². The van der Waals surface area contributed by atoms with Gasteiger partial charge in [-0.05, 0) is 43.5 Å². The Kier molecular flexibility index (Phi) is 3.81. The van der Waals surface area contributed by atoms with Crippen LogP contribution in [0, 0.1) is 6.92 Å². The van der Waals surface area contributed by atoms with E-state index in [1.165, 1.54) is 0 Å². The van der Waals surface area contributed by atoms with Gasteiger partial charge in [0.05, 0.1) is 6.10 Å². The first kappa shape index (κ1) is 13.6. The van der Waals surface area contributed by atoms with Crippen LogP contribution in [0.2, 0.25) is 0 Å². The van der Waals surface area contributed by atoms with Crippen LogP contribution in [-0.4, -0.2) is 30.1 Å². The van der Waals surface area contributed by atoms with Crippen LogP contribution in [0.15, 0.2) is 22.7 Å². The Labute approximate surface area is 126 Å². The van der Waals surface area contributed by atoms with Crippen LogP contribution in [0.3, 0.4) is 0 Å². The van der Waals surface area contributed by atoms with Crippen LogP contribution in [-0.2, 0) is 4.74 Å². The number of hydrogen-bond acceptors (Lipinski definition) is 2. The van der Waals surface area contributed by atoms with Crippen molar-refractivity contribution in [1.82, 2.24) is 10.3 Å². The molecule has 1 aliphatic heterocycles. The molecule has 1 aliphatic rings. The number of aromatic nitrogens is 1. The maximum Gasteiger partial charge on any atom is 0.268 e. The van der Waals surface area contributed by atoms with Crippen LogP contribution in [0.4, 0.5) is 0 Å². The molecular formula is C15H17BrN2O2. The Morgan fingerprint density at radius 3 is 3.15 bits per heavy atom. The number of halogens is 1. The van der Waals surface area contributed by atoms with Gasteiger partial charge in [0.25, 0.3) is 5.91 Å². The van der Waals surface area contributed by atoms with E-state index >= 15 is 0 Å². The molecule has 1 atom stereocenters. The first-order valence-corrected chi connectivity index (χ1v) is 7.62. The van der Waals surface area contributed by atoms with Gasteiger partial charge in [0.15, 0.2) is 0 Å². The molecule has 1 aromatic heterocycles. The molecular weight excluding hydrogens is 320 g/mol. The Balaban J connectivity index is 1.78. The van der Waals surface area contributed by atoms with Crippen LogP contribution in [0.5, 0.6) is 0 Å². The monoisotopic (exact) mass is 336 g/mol. The molecule has 3 rings (SSSR count). The smallest absolute Gasteiger partial charge is 0.268 e. The number of aromatic amines is 1. The van der Waals surface area contributed by atoms with E-state index < -0.39 is 0 Å². The van der Waals surface area contributed by atoms with Crippen molar-refractivity contribution >= 4 is 32.7 Å². The number of fused-ring (bicyclic) bond motifs is 1. The molecule has 2 N–H and O–H groups in total. The van der Waals surface area contributed by atoms with Gasteiger partial charge in [-0.3, -0.25) is 4.79 Å². The van der Waals surface area contributed by atoms with Gasteiger partial charge >= 0.3 is 0 Å². The molecule has 1 fully saturated rings. The number of carbonyl (C=O) groups excluding carboxylic acids is 1. The molecule has 0 aliphatic carbocycles. The number of benzene rings is 1. The van der Waals surface area contributed by atoms with Gasteiger partial charge in [-0.15, -0.1) is 0 Å². The van der Waals surface area contributed by atoms with E-state index in [9.17, 15) is 4.79 Å². The fourth-order valence-corrected chi connectivity index (χ4v) is 2.99. The maximum absolute atomic E-state index is 12.3. The zero-order chi connectivity index (χ0) is 14.1. The molecule has 20 heavy (non-hydrogen) atoms. The largest absolute Gasteiger partial charge is 0.376 e. The van der Waals surface area contributed by atoms with Crippen molar-refractivity contribution in [3.8, 4) is 0 Å². The first-order valence-electron chi connectivity index (χ1n) is 6.83. The summed E-state index contributed by atoms with van der Waals surface area (Å²) in [7, 11) is 0. The summed E-state index contributed by atoms with van der Waals surface area (Å²) in [6, 6.07) is 5.97. The summed E-state index contributed by atoms with van der Waals surface area (Å²) in [5.74, 6) is -0.0645. The summed E-state index contributed by atoms with van der Waals surface area (Å²) in [6.07, 6.45) is 2.27. The first-order chi connectivity index (χ1) is 9.65. The number of rotatable bonds is 3. The second-order valence-electron chi connectivity index (χ2n) is 5.16. The highest BCUT2D eigenvalue weighted by atomic mass is 79.9. The lowest BCUT2D eigenvalue weighted by molar-refractivity contribution is 0.0854. The molecule has 1 amide bonds. The van der Waals surface area contributed by atoms with Crippen molar-refractivity contribution < 1.29 is 9.53 Å². The topological polar surface area (TPSA) is 54.1 Å². The number of amides is 1. The molecule has 1 saturated heterocycles. The fourth-order valence-electron chi connectivity index (χ4n) is 2.63. The lowest BCUT2D eigenvalue weighted by Gasteiger charge is -2.10. The second-order valence-corrected chi connectivity index (χ2v) is 6.08. The highest BCUT2D eigenvalue weighted by Crippen LogP contribution is 2.25. The summed E-state index contributed by atoms with van der Waals surface area (Å²) < 4.78 is 6.53. The average Bonchev–Trinajstić information content (AvgIpc) is 3.05. The van der Waals surface area contributed by atoms with Crippen molar-refractivity contribution in [2.75, 3.05) is 13.2 Å². The summed E-state index contributed by atoms with van der Waals surface area (Å²) in [5, 5.41) is 4.02. The quantitative estimate of drug-likeness (QED) is 0.904. The summed E-state index contributed by atoms with van der Waals surface area (Å²) in [4.78, 5) is 15.5. The van der Waals surface area contributed by atoms with E-state index in [0.717, 1.165) is 40.4 Å². The van der Waals surface area contributed by atoms with E-state index in [4.69, 9.17) is 4.74 Å². The highest BCUT2D eigenvalue weighted by molar-refractivity contribution is 9.10. The van der Waals surface area contributed by atoms with Gasteiger partial charge in [0.2, 0.25) is 0 Å². The lowest BCUT2D eigenvalue weighted by atomic mass is 10.1. The van der Waals surface area contributed by atoms with Crippen molar-refractivity contribution in [2.45, 2.75) is 25.9 Å². The summed E-state index contributed by atoms with van der Waals surface area (Å²) in [5.41, 5.74) is 2.59. The fraction of sp³-hybridized carbons (Fsp3) is 0.400. The van der Waals surface area contributed by atoms with Crippen molar-refractivity contribution in [1.29, 1.82) is 0 Å². The zero-order valence-electron chi connectivity index (χ0n) is 11.3. The van der Waals surface area contributed by atoms with Crippen molar-refractivity contribution in [3.63, 3.8) is 0 Å². The number of aryl methyl sites for hydroxylation is 1. The average molecular weight is 337 g/mol. The predicted molar refractivity (Wildman–Crippen MR) is 82.0 cm³/mol. The highest BCUT2D eigenvalue weighted by Gasteiger charge is 2.19. The second kappa shape index (κ2) is 5.58. The molecule has 4 nitrogen and oxygen atoms in total. The van der Waals surface area contributed by atoms with E-state index in [2.05, 4.69) is 26.2 Å². The standard InChI is InChI=1S/C15H17BrN2O2/c1-9-12-7-10(16)4-5-13(12)18-14(9)15(19)17-8-11-3-2-6-20-11/h4-5,7,11,18H,2-3,6,8H2,1H3,(H,17,19)/t11-/m0/s1. The molecule has 5 heteroatoms. The molecule has 1 aromatic carbocycles. The molecule has 0 spiro atoms. The van der Waals surface area contributed by atoms with E-state index in [-0.39, 0.29) is 12.0 Å². The van der Waals surface area contributed by atoms with Gasteiger partial charge in [-0.1, -0.05) is 15.9 Å². The Bertz CT molecular complexity index is 645. The Morgan fingerprint density at radius 2 is 2.40 bits per heavy atom. The normalized spacial score (nSPS) is 18.6.